The second kappa shape index (κ2) is 7.34. The van der Waals surface area contributed by atoms with Crippen molar-refractivity contribution >= 4 is 17.2 Å². The third-order valence-corrected chi connectivity index (χ3v) is 5.53. The maximum absolute atomic E-state index is 13.2. The van der Waals surface area contributed by atoms with Gasteiger partial charge in [0.25, 0.3) is 0 Å². The number of nitrogens with zero attached hydrogens (tertiary/aromatic N) is 2. The van der Waals surface area contributed by atoms with E-state index in [4.69, 9.17) is 4.74 Å². The van der Waals surface area contributed by atoms with Gasteiger partial charge in [0, 0.05) is 11.9 Å². The fourth-order valence-electron chi connectivity index (χ4n) is 3.46. The molecule has 1 aliphatic rings. The van der Waals surface area contributed by atoms with Crippen molar-refractivity contribution in [1.82, 2.24) is 9.88 Å². The van der Waals surface area contributed by atoms with Crippen LogP contribution in [-0.4, -0.2) is 29.4 Å². The molecule has 0 spiro atoms. The minimum absolute atomic E-state index is 0.101. The summed E-state index contributed by atoms with van der Waals surface area (Å²) < 4.78 is 5.22. The number of carbonyl (C=O) groups is 1. The predicted molar refractivity (Wildman–Crippen MR) is 96.6 cm³/mol. The molecule has 0 bridgehead atoms. The molecular formula is C19H24N2O2S. The lowest BCUT2D eigenvalue weighted by atomic mass is 9.94. The maximum Gasteiger partial charge on any atom is 0.230 e. The number of carbonyl (C=O) groups excluding carboxylic acids is 1. The Morgan fingerprint density at radius 2 is 2.17 bits per heavy atom. The third-order valence-electron chi connectivity index (χ3n) is 4.74. The molecule has 1 aromatic heterocycles. The van der Waals surface area contributed by atoms with Crippen molar-refractivity contribution in [3.63, 3.8) is 0 Å². The van der Waals surface area contributed by atoms with Gasteiger partial charge in [0.1, 0.15) is 5.75 Å². The Kier molecular flexibility index (Phi) is 5.19. The van der Waals surface area contributed by atoms with Crippen LogP contribution in [0.15, 0.2) is 29.6 Å². The van der Waals surface area contributed by atoms with Gasteiger partial charge in [0.05, 0.1) is 29.8 Å². The number of hydrogen-bond donors (Lipinski definition) is 0. The molecule has 1 amide bonds. The van der Waals surface area contributed by atoms with Gasteiger partial charge in [-0.1, -0.05) is 19.1 Å². The molecular weight excluding hydrogens is 320 g/mol. The van der Waals surface area contributed by atoms with Crippen molar-refractivity contribution in [3.05, 3.63) is 45.9 Å². The topological polar surface area (TPSA) is 42.4 Å². The Hall–Kier alpha value is -1.88. The van der Waals surface area contributed by atoms with Gasteiger partial charge in [-0.05, 0) is 43.9 Å². The summed E-state index contributed by atoms with van der Waals surface area (Å²) in [5.74, 6) is 0.935. The number of rotatable bonds is 5. The number of aryl methyl sites for hydroxylation is 1. The molecule has 0 saturated carbocycles. The van der Waals surface area contributed by atoms with Gasteiger partial charge < -0.3 is 9.64 Å². The SMILES string of the molecule is CCC(C(=O)N1CCCC1c1csc(C)n1)c1ccc(OC)cc1. The summed E-state index contributed by atoms with van der Waals surface area (Å²) in [5.41, 5.74) is 2.11. The van der Waals surface area contributed by atoms with Crippen LogP contribution in [-0.2, 0) is 4.79 Å². The summed E-state index contributed by atoms with van der Waals surface area (Å²) >= 11 is 1.66. The smallest absolute Gasteiger partial charge is 0.230 e. The molecule has 1 fully saturated rings. The van der Waals surface area contributed by atoms with Crippen LogP contribution in [0.1, 0.15) is 54.4 Å². The summed E-state index contributed by atoms with van der Waals surface area (Å²) in [5, 5.41) is 3.16. The van der Waals surface area contributed by atoms with Crippen molar-refractivity contribution in [2.45, 2.75) is 45.1 Å². The van der Waals surface area contributed by atoms with Gasteiger partial charge in [0.15, 0.2) is 0 Å². The Balaban J connectivity index is 1.81. The largest absolute Gasteiger partial charge is 0.497 e. The lowest BCUT2D eigenvalue weighted by Crippen LogP contribution is -2.34. The van der Waals surface area contributed by atoms with E-state index in [1.165, 1.54) is 0 Å². The fourth-order valence-corrected chi connectivity index (χ4v) is 4.12. The van der Waals surface area contributed by atoms with E-state index in [9.17, 15) is 4.79 Å². The molecule has 4 nitrogen and oxygen atoms in total. The monoisotopic (exact) mass is 344 g/mol. The lowest BCUT2D eigenvalue weighted by Gasteiger charge is -2.28. The second-order valence-electron chi connectivity index (χ2n) is 6.22. The van der Waals surface area contributed by atoms with Gasteiger partial charge in [-0.25, -0.2) is 4.98 Å². The average molecular weight is 344 g/mol. The first-order valence-electron chi connectivity index (χ1n) is 8.50. The Bertz CT molecular complexity index is 696. The van der Waals surface area contributed by atoms with Crippen LogP contribution in [0.25, 0.3) is 0 Å². The van der Waals surface area contributed by atoms with Gasteiger partial charge in [-0.15, -0.1) is 11.3 Å². The van der Waals surface area contributed by atoms with E-state index in [1.54, 1.807) is 18.4 Å². The van der Waals surface area contributed by atoms with E-state index in [2.05, 4.69) is 17.3 Å². The van der Waals surface area contributed by atoms with Crippen molar-refractivity contribution in [2.75, 3.05) is 13.7 Å². The molecule has 2 atom stereocenters. The molecule has 1 aromatic carbocycles. The number of thiazole rings is 1. The van der Waals surface area contributed by atoms with Crippen LogP contribution < -0.4 is 4.74 Å². The lowest BCUT2D eigenvalue weighted by molar-refractivity contribution is -0.134. The van der Waals surface area contributed by atoms with Crippen molar-refractivity contribution in [2.24, 2.45) is 0 Å². The van der Waals surface area contributed by atoms with Crippen molar-refractivity contribution in [1.29, 1.82) is 0 Å². The van der Waals surface area contributed by atoms with E-state index >= 15 is 0 Å². The Labute approximate surface area is 147 Å². The normalized spacial score (nSPS) is 18.6. The maximum atomic E-state index is 13.2. The zero-order chi connectivity index (χ0) is 17.1. The molecule has 2 heterocycles. The van der Waals surface area contributed by atoms with E-state index in [-0.39, 0.29) is 17.9 Å². The molecule has 2 aromatic rings. The predicted octanol–water partition coefficient (Wildman–Crippen LogP) is 4.32. The Morgan fingerprint density at radius 3 is 2.75 bits per heavy atom. The van der Waals surface area contributed by atoms with Crippen molar-refractivity contribution in [3.8, 4) is 5.75 Å². The van der Waals surface area contributed by atoms with Crippen LogP contribution in [0, 0.1) is 6.92 Å². The molecule has 3 rings (SSSR count). The van der Waals surface area contributed by atoms with Crippen LogP contribution in [0.4, 0.5) is 0 Å². The first-order valence-corrected chi connectivity index (χ1v) is 9.38. The molecule has 5 heteroatoms. The van der Waals surface area contributed by atoms with E-state index in [0.29, 0.717) is 0 Å². The molecule has 0 aliphatic carbocycles. The van der Waals surface area contributed by atoms with Gasteiger partial charge >= 0.3 is 0 Å². The summed E-state index contributed by atoms with van der Waals surface area (Å²) in [6.07, 6.45) is 2.85. The minimum Gasteiger partial charge on any atom is -0.497 e. The summed E-state index contributed by atoms with van der Waals surface area (Å²) in [4.78, 5) is 19.8. The number of aromatic nitrogens is 1. The average Bonchev–Trinajstić information content (AvgIpc) is 3.24. The number of methoxy groups -OCH3 is 1. The fraction of sp³-hybridized carbons (Fsp3) is 0.474. The molecule has 0 radical (unpaired) electrons. The number of hydrogen-bond acceptors (Lipinski definition) is 4. The highest BCUT2D eigenvalue weighted by Gasteiger charge is 2.35. The van der Waals surface area contributed by atoms with E-state index in [0.717, 1.165) is 47.8 Å². The van der Waals surface area contributed by atoms with Gasteiger partial charge in [0.2, 0.25) is 5.91 Å². The Morgan fingerprint density at radius 1 is 1.42 bits per heavy atom. The number of amides is 1. The number of ether oxygens (including phenoxy) is 1. The highest BCUT2D eigenvalue weighted by atomic mass is 32.1. The third kappa shape index (κ3) is 3.31. The number of likely N-dealkylation sites (tertiary alicyclic amines) is 1. The van der Waals surface area contributed by atoms with Crippen LogP contribution in [0.5, 0.6) is 5.75 Å². The second-order valence-corrected chi connectivity index (χ2v) is 7.28. The highest BCUT2D eigenvalue weighted by Crippen LogP contribution is 2.36. The summed E-state index contributed by atoms with van der Waals surface area (Å²) in [7, 11) is 1.65. The highest BCUT2D eigenvalue weighted by molar-refractivity contribution is 7.09. The van der Waals surface area contributed by atoms with E-state index in [1.807, 2.05) is 36.1 Å². The first kappa shape index (κ1) is 17.0. The van der Waals surface area contributed by atoms with Gasteiger partial charge in [-0.3, -0.25) is 4.79 Å². The van der Waals surface area contributed by atoms with Crippen molar-refractivity contribution < 1.29 is 9.53 Å². The quantitative estimate of drug-likeness (QED) is 0.811. The molecule has 1 saturated heterocycles. The summed E-state index contributed by atoms with van der Waals surface area (Å²) in [6, 6.07) is 7.99. The zero-order valence-electron chi connectivity index (χ0n) is 14.5. The number of benzene rings is 1. The van der Waals surface area contributed by atoms with E-state index < -0.39 is 0 Å². The molecule has 24 heavy (non-hydrogen) atoms. The summed E-state index contributed by atoms with van der Waals surface area (Å²) in [6.45, 7) is 4.92. The van der Waals surface area contributed by atoms with Gasteiger partial charge in [-0.2, -0.15) is 0 Å². The first-order chi connectivity index (χ1) is 11.6. The zero-order valence-corrected chi connectivity index (χ0v) is 15.3. The van der Waals surface area contributed by atoms with Crippen LogP contribution >= 0.6 is 11.3 Å². The molecule has 128 valence electrons. The van der Waals surface area contributed by atoms with Crippen LogP contribution in [0.2, 0.25) is 0 Å². The molecule has 2 unspecified atom stereocenters. The molecule has 1 aliphatic heterocycles. The standard InChI is InChI=1S/C19H24N2O2S/c1-4-16(14-7-9-15(23-3)10-8-14)19(22)21-11-5-6-18(21)17-12-24-13(2)20-17/h7-10,12,16,18H,4-6,11H2,1-3H3. The molecule has 0 N–H and O–H groups in total. The minimum atomic E-state index is -0.101. The van der Waals surface area contributed by atoms with Crippen LogP contribution in [0.3, 0.4) is 0 Å².